The molecule has 0 bridgehead atoms. The molecule has 9 heteroatoms. The summed E-state index contributed by atoms with van der Waals surface area (Å²) in [5.41, 5.74) is 3.38. The Labute approximate surface area is 185 Å². The lowest BCUT2D eigenvalue weighted by Gasteiger charge is -2.30. The Hall–Kier alpha value is -2.75. The molecule has 0 aliphatic carbocycles. The van der Waals surface area contributed by atoms with E-state index >= 15 is 0 Å². The molecule has 3 heterocycles. The van der Waals surface area contributed by atoms with Gasteiger partial charge >= 0.3 is 0 Å². The topological polar surface area (TPSA) is 81.5 Å². The van der Waals surface area contributed by atoms with Crippen molar-refractivity contribution in [2.75, 3.05) is 30.0 Å². The van der Waals surface area contributed by atoms with Crippen molar-refractivity contribution >= 4 is 28.6 Å². The van der Waals surface area contributed by atoms with Crippen LogP contribution in [0.2, 0.25) is 0 Å². The molecule has 0 saturated carbocycles. The first kappa shape index (κ1) is 21.5. The normalized spacial score (nSPS) is 13.5. The number of para-hydroxylation sites is 2. The van der Waals surface area contributed by atoms with Crippen LogP contribution in [0.4, 0.5) is 11.4 Å². The van der Waals surface area contributed by atoms with E-state index < -0.39 is 6.29 Å². The van der Waals surface area contributed by atoms with E-state index in [2.05, 4.69) is 32.0 Å². The number of nitrogens with one attached hydrogen (secondary N) is 1. The maximum absolute atomic E-state index is 12.9. The van der Waals surface area contributed by atoms with Gasteiger partial charge in [-0.1, -0.05) is 17.3 Å². The molecule has 31 heavy (non-hydrogen) atoms. The lowest BCUT2D eigenvalue weighted by Crippen LogP contribution is -2.30. The molecule has 1 aromatic carbocycles. The average Bonchev–Trinajstić information content (AvgIpc) is 3.43. The molecule has 2 aromatic heterocycles. The second-order valence-corrected chi connectivity index (χ2v) is 8.18. The molecule has 1 aliphatic heterocycles. The number of hydrogen-bond donors (Lipinski definition) is 1. The van der Waals surface area contributed by atoms with Crippen LogP contribution in [-0.2, 0) is 29.0 Å². The lowest BCUT2D eigenvalue weighted by molar-refractivity contribution is -0.145. The van der Waals surface area contributed by atoms with Crippen molar-refractivity contribution in [3.05, 3.63) is 58.0 Å². The van der Waals surface area contributed by atoms with Crippen LogP contribution in [0.25, 0.3) is 0 Å². The largest absolute Gasteiger partial charge is 0.365 e. The molecular weight excluding hydrogens is 414 g/mol. The SMILES string of the molecule is CCOC(Cn1cc(C(=O)Nc2ccccc2N2CCc3sccc3C2)nn1)OCC. The number of carbonyl (C=O) groups is 1. The highest BCUT2D eigenvalue weighted by molar-refractivity contribution is 7.10. The molecule has 0 radical (unpaired) electrons. The number of fused-ring (bicyclic) bond motifs is 1. The zero-order valence-corrected chi connectivity index (χ0v) is 18.6. The third-order valence-corrected chi connectivity index (χ3v) is 6.14. The molecule has 0 atom stereocenters. The fourth-order valence-corrected chi connectivity index (χ4v) is 4.55. The molecule has 1 amide bonds. The van der Waals surface area contributed by atoms with Gasteiger partial charge in [0.15, 0.2) is 12.0 Å². The van der Waals surface area contributed by atoms with Crippen molar-refractivity contribution in [3.63, 3.8) is 0 Å². The van der Waals surface area contributed by atoms with Crippen molar-refractivity contribution < 1.29 is 14.3 Å². The van der Waals surface area contributed by atoms with Gasteiger partial charge in [0.25, 0.3) is 5.91 Å². The van der Waals surface area contributed by atoms with Crippen LogP contribution >= 0.6 is 11.3 Å². The zero-order valence-electron chi connectivity index (χ0n) is 17.8. The van der Waals surface area contributed by atoms with E-state index in [9.17, 15) is 4.79 Å². The highest BCUT2D eigenvalue weighted by Crippen LogP contribution is 2.32. The van der Waals surface area contributed by atoms with Crippen LogP contribution < -0.4 is 10.2 Å². The van der Waals surface area contributed by atoms with E-state index in [0.29, 0.717) is 19.8 Å². The maximum Gasteiger partial charge on any atom is 0.277 e. The quantitative estimate of drug-likeness (QED) is 0.512. The summed E-state index contributed by atoms with van der Waals surface area (Å²) in [5.74, 6) is -0.295. The fourth-order valence-electron chi connectivity index (χ4n) is 3.67. The van der Waals surface area contributed by atoms with Crippen molar-refractivity contribution in [2.24, 2.45) is 0 Å². The lowest BCUT2D eigenvalue weighted by atomic mass is 10.1. The first-order chi connectivity index (χ1) is 15.2. The number of thiophene rings is 1. The first-order valence-electron chi connectivity index (χ1n) is 10.5. The van der Waals surface area contributed by atoms with Crippen molar-refractivity contribution in [3.8, 4) is 0 Å². The van der Waals surface area contributed by atoms with Crippen molar-refractivity contribution in [1.29, 1.82) is 0 Å². The Balaban J connectivity index is 1.44. The first-order valence-corrected chi connectivity index (χ1v) is 11.4. The summed E-state index contributed by atoms with van der Waals surface area (Å²) in [5, 5.41) is 13.2. The van der Waals surface area contributed by atoms with E-state index in [1.807, 2.05) is 49.4 Å². The van der Waals surface area contributed by atoms with Crippen LogP contribution in [-0.4, -0.2) is 46.9 Å². The summed E-state index contributed by atoms with van der Waals surface area (Å²) >= 11 is 1.82. The van der Waals surface area contributed by atoms with Gasteiger partial charge in [0.2, 0.25) is 0 Å². The fraction of sp³-hybridized carbons (Fsp3) is 0.409. The third kappa shape index (κ3) is 5.12. The minimum absolute atomic E-state index is 0.250. The van der Waals surface area contributed by atoms with Gasteiger partial charge < -0.3 is 19.7 Å². The number of nitrogens with zero attached hydrogens (tertiary/aromatic N) is 4. The van der Waals surface area contributed by atoms with Crippen molar-refractivity contribution in [2.45, 2.75) is 39.6 Å². The Morgan fingerprint density at radius 3 is 2.84 bits per heavy atom. The molecule has 8 nitrogen and oxygen atoms in total. The molecule has 0 fully saturated rings. The molecule has 164 valence electrons. The molecule has 0 unspecified atom stereocenters. The Morgan fingerprint density at radius 2 is 2.03 bits per heavy atom. The van der Waals surface area contributed by atoms with Crippen LogP contribution in [0, 0.1) is 0 Å². The summed E-state index contributed by atoms with van der Waals surface area (Å²) in [7, 11) is 0. The predicted octanol–water partition coefficient (Wildman–Crippen LogP) is 3.55. The van der Waals surface area contributed by atoms with Gasteiger partial charge in [-0.25, -0.2) is 4.68 Å². The zero-order chi connectivity index (χ0) is 21.6. The van der Waals surface area contributed by atoms with E-state index in [4.69, 9.17) is 9.47 Å². The predicted molar refractivity (Wildman–Crippen MR) is 121 cm³/mol. The smallest absolute Gasteiger partial charge is 0.277 e. The maximum atomic E-state index is 12.9. The van der Waals surface area contributed by atoms with Gasteiger partial charge in [-0.3, -0.25) is 4.79 Å². The number of hydrogen-bond acceptors (Lipinski definition) is 7. The third-order valence-electron chi connectivity index (χ3n) is 5.11. The van der Waals surface area contributed by atoms with Gasteiger partial charge in [0, 0.05) is 31.2 Å². The van der Waals surface area contributed by atoms with Crippen molar-refractivity contribution in [1.82, 2.24) is 15.0 Å². The van der Waals surface area contributed by atoms with Gasteiger partial charge in [0.05, 0.1) is 24.1 Å². The standard InChI is InChI=1S/C22H27N5O3S/c1-3-29-21(30-4-2)15-27-14-18(24-25-27)22(28)23-17-7-5-6-8-19(17)26-11-9-20-16(13-26)10-12-31-20/h5-8,10,12,14,21H,3-4,9,11,13,15H2,1-2H3,(H,23,28). The molecule has 3 aromatic rings. The van der Waals surface area contributed by atoms with Crippen LogP contribution in [0.3, 0.4) is 0 Å². The van der Waals surface area contributed by atoms with Crippen LogP contribution in [0.15, 0.2) is 41.9 Å². The number of rotatable bonds is 9. The highest BCUT2D eigenvalue weighted by Gasteiger charge is 2.21. The minimum Gasteiger partial charge on any atom is -0.365 e. The summed E-state index contributed by atoms with van der Waals surface area (Å²) in [6.07, 6.45) is 2.21. The highest BCUT2D eigenvalue weighted by atomic mass is 32.1. The number of aromatic nitrogens is 3. The Kier molecular flexibility index (Phi) is 6.96. The summed E-state index contributed by atoms with van der Waals surface area (Å²) in [4.78, 5) is 16.6. The second-order valence-electron chi connectivity index (χ2n) is 7.18. The summed E-state index contributed by atoms with van der Waals surface area (Å²) in [6.45, 7) is 7.02. The average molecular weight is 442 g/mol. The monoisotopic (exact) mass is 441 g/mol. The molecule has 1 N–H and O–H groups in total. The molecule has 1 aliphatic rings. The number of anilines is 2. The molecule has 4 rings (SSSR count). The van der Waals surface area contributed by atoms with E-state index in [1.165, 1.54) is 10.4 Å². The van der Waals surface area contributed by atoms with E-state index in [0.717, 1.165) is 30.9 Å². The second kappa shape index (κ2) is 10.0. The molecular formula is C22H27N5O3S. The summed E-state index contributed by atoms with van der Waals surface area (Å²) < 4.78 is 12.6. The van der Waals surface area contributed by atoms with Gasteiger partial charge in [-0.05, 0) is 49.4 Å². The number of carbonyl (C=O) groups excluding carboxylic acids is 1. The molecule has 0 spiro atoms. The van der Waals surface area contributed by atoms with E-state index in [-0.39, 0.29) is 11.6 Å². The number of amides is 1. The Morgan fingerprint density at radius 1 is 1.23 bits per heavy atom. The Bertz CT molecular complexity index is 1010. The summed E-state index contributed by atoms with van der Waals surface area (Å²) in [6, 6.07) is 10.1. The number of ether oxygens (including phenoxy) is 2. The van der Waals surface area contributed by atoms with Gasteiger partial charge in [-0.2, -0.15) is 0 Å². The van der Waals surface area contributed by atoms with Crippen LogP contribution in [0.1, 0.15) is 34.8 Å². The van der Waals surface area contributed by atoms with E-state index in [1.54, 1.807) is 10.9 Å². The van der Waals surface area contributed by atoms with Gasteiger partial charge in [0.1, 0.15) is 0 Å². The molecule has 0 saturated heterocycles. The minimum atomic E-state index is -0.422. The van der Waals surface area contributed by atoms with Crippen LogP contribution in [0.5, 0.6) is 0 Å². The number of benzene rings is 1. The van der Waals surface area contributed by atoms with Gasteiger partial charge in [-0.15, -0.1) is 16.4 Å².